The number of hydrogen-bond acceptors (Lipinski definition) is 5. The summed E-state index contributed by atoms with van der Waals surface area (Å²) in [5.41, 5.74) is 4.42. The molecule has 1 heterocycles. The van der Waals surface area contributed by atoms with Gasteiger partial charge < -0.3 is 0 Å². The van der Waals surface area contributed by atoms with Crippen molar-refractivity contribution in [2.75, 3.05) is 0 Å². The van der Waals surface area contributed by atoms with Crippen molar-refractivity contribution in [2.24, 2.45) is 11.0 Å². The molecule has 2 N–H and O–H groups in total. The Kier molecular flexibility index (Phi) is 6.44. The first-order chi connectivity index (χ1) is 14.8. The molecule has 0 radical (unpaired) electrons. The standard InChI is InChI=1S/C22H23N5O4/c1-14(2)13-19(28)24-23-15(3)20-21(16-7-5-4-6-8-16)25-26(22(20)29)17-9-11-18(12-10-17)27(30)31/h4-12,14,25H,13H2,1-3H3,(H,24,28)/b23-15+. The summed E-state index contributed by atoms with van der Waals surface area (Å²) in [7, 11) is 0. The number of rotatable bonds is 7. The molecule has 0 unspecified atom stereocenters. The molecule has 1 aromatic heterocycles. The van der Waals surface area contributed by atoms with Crippen molar-refractivity contribution in [1.29, 1.82) is 0 Å². The van der Waals surface area contributed by atoms with E-state index in [2.05, 4.69) is 15.6 Å². The van der Waals surface area contributed by atoms with Crippen LogP contribution >= 0.6 is 0 Å². The number of benzene rings is 2. The first-order valence-corrected chi connectivity index (χ1v) is 9.76. The summed E-state index contributed by atoms with van der Waals surface area (Å²) in [4.78, 5) is 35.6. The molecule has 0 saturated heterocycles. The van der Waals surface area contributed by atoms with Gasteiger partial charge in [0.05, 0.1) is 27.6 Å². The van der Waals surface area contributed by atoms with Crippen molar-refractivity contribution in [3.8, 4) is 16.9 Å². The van der Waals surface area contributed by atoms with Crippen LogP contribution in [0, 0.1) is 16.0 Å². The average Bonchev–Trinajstić information content (AvgIpc) is 3.09. The lowest BCUT2D eigenvalue weighted by Crippen LogP contribution is -2.24. The Morgan fingerprint density at radius 2 is 1.81 bits per heavy atom. The molecule has 31 heavy (non-hydrogen) atoms. The SMILES string of the molecule is C/C(=N\NC(=O)CC(C)C)c1c(-c2ccccc2)[nH]n(-c2ccc([N+](=O)[O-])cc2)c1=O. The Labute approximate surface area is 178 Å². The van der Waals surface area contributed by atoms with Crippen LogP contribution in [0.25, 0.3) is 16.9 Å². The van der Waals surface area contributed by atoms with Crippen molar-refractivity contribution in [2.45, 2.75) is 27.2 Å². The van der Waals surface area contributed by atoms with E-state index in [1.807, 2.05) is 44.2 Å². The number of nitrogens with one attached hydrogen (secondary N) is 2. The minimum Gasteiger partial charge on any atom is -0.290 e. The highest BCUT2D eigenvalue weighted by molar-refractivity contribution is 6.04. The summed E-state index contributed by atoms with van der Waals surface area (Å²) < 4.78 is 1.30. The van der Waals surface area contributed by atoms with E-state index in [4.69, 9.17) is 0 Å². The van der Waals surface area contributed by atoms with E-state index in [0.717, 1.165) is 5.56 Å². The molecule has 1 amide bonds. The number of hydrazone groups is 1. The van der Waals surface area contributed by atoms with Crippen LogP contribution in [0.5, 0.6) is 0 Å². The van der Waals surface area contributed by atoms with Crippen molar-refractivity contribution < 1.29 is 9.72 Å². The second kappa shape index (κ2) is 9.21. The number of hydrogen-bond donors (Lipinski definition) is 2. The zero-order chi connectivity index (χ0) is 22.5. The molecule has 9 heteroatoms. The number of aromatic amines is 1. The van der Waals surface area contributed by atoms with E-state index in [1.54, 1.807) is 6.92 Å². The third-order valence-corrected chi connectivity index (χ3v) is 4.58. The summed E-state index contributed by atoms with van der Waals surface area (Å²) in [6, 6.07) is 14.9. The minimum absolute atomic E-state index is 0.0718. The highest BCUT2D eigenvalue weighted by atomic mass is 16.6. The Morgan fingerprint density at radius 3 is 2.39 bits per heavy atom. The number of carbonyl (C=O) groups excluding carboxylic acids is 1. The number of amides is 1. The fraction of sp³-hybridized carbons (Fsp3) is 0.227. The molecule has 0 bridgehead atoms. The van der Waals surface area contributed by atoms with Gasteiger partial charge in [-0.1, -0.05) is 44.2 Å². The molecular weight excluding hydrogens is 398 g/mol. The van der Waals surface area contributed by atoms with Gasteiger partial charge in [-0.15, -0.1) is 0 Å². The number of carbonyl (C=O) groups is 1. The summed E-state index contributed by atoms with van der Waals surface area (Å²) in [6.45, 7) is 5.50. The Balaban J connectivity index is 2.08. The maximum atomic E-state index is 13.3. The molecule has 3 rings (SSSR count). The quantitative estimate of drug-likeness (QED) is 0.343. The second-order valence-electron chi connectivity index (χ2n) is 7.47. The maximum absolute atomic E-state index is 13.3. The minimum atomic E-state index is -0.501. The average molecular weight is 421 g/mol. The van der Waals surface area contributed by atoms with Crippen LogP contribution in [0.1, 0.15) is 32.8 Å². The highest BCUT2D eigenvalue weighted by Crippen LogP contribution is 2.22. The second-order valence-corrected chi connectivity index (χ2v) is 7.47. The summed E-state index contributed by atoms with van der Waals surface area (Å²) in [5.74, 6) is -0.0520. The fourth-order valence-electron chi connectivity index (χ4n) is 3.11. The number of nitro groups is 1. The van der Waals surface area contributed by atoms with E-state index in [1.165, 1.54) is 28.9 Å². The van der Waals surface area contributed by atoms with Crippen molar-refractivity contribution in [3.63, 3.8) is 0 Å². The van der Waals surface area contributed by atoms with Gasteiger partial charge in [-0.3, -0.25) is 24.8 Å². The lowest BCUT2D eigenvalue weighted by molar-refractivity contribution is -0.384. The summed E-state index contributed by atoms with van der Waals surface area (Å²) >= 11 is 0. The topological polar surface area (TPSA) is 122 Å². The van der Waals surface area contributed by atoms with Gasteiger partial charge in [0.2, 0.25) is 5.91 Å². The molecular formula is C22H23N5O4. The predicted octanol–water partition coefficient (Wildman–Crippen LogP) is 3.63. The number of nitrogens with zero attached hydrogens (tertiary/aromatic N) is 3. The molecule has 0 fully saturated rings. The smallest absolute Gasteiger partial charge is 0.281 e. The van der Waals surface area contributed by atoms with Crippen LogP contribution in [0.3, 0.4) is 0 Å². The van der Waals surface area contributed by atoms with Crippen molar-refractivity contribution in [1.82, 2.24) is 15.2 Å². The Bertz CT molecular complexity index is 1170. The zero-order valence-electron chi connectivity index (χ0n) is 17.5. The number of aromatic nitrogens is 2. The third-order valence-electron chi connectivity index (χ3n) is 4.58. The van der Waals surface area contributed by atoms with Crippen LogP contribution in [-0.2, 0) is 4.79 Å². The molecule has 160 valence electrons. The third kappa shape index (κ3) is 4.95. The summed E-state index contributed by atoms with van der Waals surface area (Å²) in [6.07, 6.45) is 0.322. The van der Waals surface area contributed by atoms with Crippen LogP contribution in [0.15, 0.2) is 64.5 Å². The van der Waals surface area contributed by atoms with E-state index in [-0.39, 0.29) is 23.1 Å². The van der Waals surface area contributed by atoms with Crippen LogP contribution < -0.4 is 11.0 Å². The number of H-pyrrole nitrogens is 1. The van der Waals surface area contributed by atoms with Gasteiger partial charge in [0, 0.05) is 24.1 Å². The Hall–Kier alpha value is -4.01. The zero-order valence-corrected chi connectivity index (χ0v) is 17.5. The van der Waals surface area contributed by atoms with E-state index < -0.39 is 4.92 Å². The Morgan fingerprint density at radius 1 is 1.16 bits per heavy atom. The van der Waals surface area contributed by atoms with Crippen LogP contribution in [-0.4, -0.2) is 26.3 Å². The normalized spacial score (nSPS) is 11.5. The first kappa shape index (κ1) is 21.7. The van der Waals surface area contributed by atoms with Crippen molar-refractivity contribution >= 4 is 17.3 Å². The molecule has 0 spiro atoms. The lowest BCUT2D eigenvalue weighted by atomic mass is 10.1. The van der Waals surface area contributed by atoms with Gasteiger partial charge in [0.1, 0.15) is 0 Å². The first-order valence-electron chi connectivity index (χ1n) is 9.76. The molecule has 9 nitrogen and oxygen atoms in total. The largest absolute Gasteiger partial charge is 0.290 e. The van der Waals surface area contributed by atoms with E-state index in [9.17, 15) is 19.7 Å². The molecule has 0 saturated carbocycles. The molecule has 2 aromatic carbocycles. The van der Waals surface area contributed by atoms with Gasteiger partial charge in [-0.25, -0.2) is 10.1 Å². The van der Waals surface area contributed by atoms with Crippen LogP contribution in [0.4, 0.5) is 5.69 Å². The maximum Gasteiger partial charge on any atom is 0.281 e. The molecule has 0 aliphatic rings. The monoisotopic (exact) mass is 421 g/mol. The van der Waals surface area contributed by atoms with Gasteiger partial charge in [0.15, 0.2) is 0 Å². The molecule has 0 aliphatic carbocycles. The van der Waals surface area contributed by atoms with Gasteiger partial charge in [-0.05, 0) is 25.0 Å². The molecule has 0 aliphatic heterocycles. The van der Waals surface area contributed by atoms with E-state index >= 15 is 0 Å². The van der Waals surface area contributed by atoms with Gasteiger partial charge in [0.25, 0.3) is 11.2 Å². The lowest BCUT2D eigenvalue weighted by Gasteiger charge is -2.05. The fourth-order valence-corrected chi connectivity index (χ4v) is 3.11. The predicted molar refractivity (Wildman–Crippen MR) is 118 cm³/mol. The molecule has 0 atom stereocenters. The van der Waals surface area contributed by atoms with Crippen molar-refractivity contribution in [3.05, 3.63) is 80.6 Å². The number of nitro benzene ring substituents is 1. The highest BCUT2D eigenvalue weighted by Gasteiger charge is 2.20. The van der Waals surface area contributed by atoms with Gasteiger partial charge >= 0.3 is 0 Å². The summed E-state index contributed by atoms with van der Waals surface area (Å²) in [5, 5.41) is 18.1. The van der Waals surface area contributed by atoms with Gasteiger partial charge in [-0.2, -0.15) is 5.10 Å². The van der Waals surface area contributed by atoms with E-state index in [0.29, 0.717) is 29.1 Å². The van der Waals surface area contributed by atoms with Crippen LogP contribution in [0.2, 0.25) is 0 Å². The molecule has 3 aromatic rings. The number of non-ortho nitro benzene ring substituents is 1.